The van der Waals surface area contributed by atoms with Crippen LogP contribution in [-0.2, 0) is 6.54 Å². The average molecular weight is 253 g/mol. The molecule has 0 radical (unpaired) electrons. The molecule has 0 bridgehead atoms. The van der Waals surface area contributed by atoms with Gasteiger partial charge < -0.3 is 5.32 Å². The van der Waals surface area contributed by atoms with Gasteiger partial charge in [0, 0.05) is 23.6 Å². The minimum atomic E-state index is 0.803. The van der Waals surface area contributed by atoms with Crippen LogP contribution >= 0.6 is 15.9 Å². The van der Waals surface area contributed by atoms with Crippen molar-refractivity contribution in [3.05, 3.63) is 28.5 Å². The van der Waals surface area contributed by atoms with Crippen LogP contribution in [0.2, 0.25) is 0 Å². The van der Waals surface area contributed by atoms with Gasteiger partial charge in [-0.05, 0) is 41.0 Å². The Bertz CT molecular complexity index is 300. The van der Waals surface area contributed by atoms with Gasteiger partial charge in [0.25, 0.3) is 0 Å². The van der Waals surface area contributed by atoms with Crippen LogP contribution in [-0.4, -0.2) is 11.5 Å². The second-order valence-corrected chi connectivity index (χ2v) is 3.87. The van der Waals surface area contributed by atoms with Crippen molar-refractivity contribution >= 4 is 15.9 Å². The fraction of sp³-hybridized carbons (Fsp3) is 0.364. The molecule has 14 heavy (non-hydrogen) atoms. The molecule has 0 saturated heterocycles. The Morgan fingerprint density at radius 1 is 1.50 bits per heavy atom. The van der Waals surface area contributed by atoms with Crippen molar-refractivity contribution in [1.29, 1.82) is 0 Å². The summed E-state index contributed by atoms with van der Waals surface area (Å²) < 4.78 is 1.01. The van der Waals surface area contributed by atoms with Crippen LogP contribution < -0.4 is 5.32 Å². The standard InChI is InChI=1S/C11H13BrN2/c1-2-3-4-7-13-9-11-6-5-10(12)8-14-11/h1,5-6,8,13H,3-4,7,9H2. The van der Waals surface area contributed by atoms with Gasteiger partial charge in [0.15, 0.2) is 0 Å². The zero-order chi connectivity index (χ0) is 10.2. The van der Waals surface area contributed by atoms with E-state index in [2.05, 4.69) is 32.2 Å². The Balaban J connectivity index is 2.19. The Morgan fingerprint density at radius 3 is 3.00 bits per heavy atom. The van der Waals surface area contributed by atoms with Gasteiger partial charge in [-0.15, -0.1) is 12.3 Å². The van der Waals surface area contributed by atoms with E-state index in [0.717, 1.165) is 36.1 Å². The van der Waals surface area contributed by atoms with Crippen molar-refractivity contribution in [3.8, 4) is 12.3 Å². The van der Waals surface area contributed by atoms with Crippen LogP contribution in [0.25, 0.3) is 0 Å². The predicted octanol–water partition coefficient (Wildman–Crippen LogP) is 2.35. The number of hydrogen-bond donors (Lipinski definition) is 1. The van der Waals surface area contributed by atoms with E-state index in [9.17, 15) is 0 Å². The van der Waals surface area contributed by atoms with E-state index < -0.39 is 0 Å². The zero-order valence-electron chi connectivity index (χ0n) is 7.96. The number of halogens is 1. The van der Waals surface area contributed by atoms with E-state index in [-0.39, 0.29) is 0 Å². The number of nitrogens with one attached hydrogen (secondary N) is 1. The van der Waals surface area contributed by atoms with Crippen LogP contribution in [0.5, 0.6) is 0 Å². The number of aromatic nitrogens is 1. The smallest absolute Gasteiger partial charge is 0.0542 e. The molecular formula is C11H13BrN2. The van der Waals surface area contributed by atoms with Gasteiger partial charge in [0.05, 0.1) is 5.69 Å². The highest BCUT2D eigenvalue weighted by molar-refractivity contribution is 9.10. The molecular weight excluding hydrogens is 240 g/mol. The highest BCUT2D eigenvalue weighted by Gasteiger charge is 1.93. The van der Waals surface area contributed by atoms with E-state index in [0.29, 0.717) is 0 Å². The lowest BCUT2D eigenvalue weighted by Crippen LogP contribution is -2.15. The minimum Gasteiger partial charge on any atom is -0.311 e. The minimum absolute atomic E-state index is 0.803. The maximum absolute atomic E-state index is 5.14. The number of terminal acetylenes is 1. The number of hydrogen-bond acceptors (Lipinski definition) is 2. The SMILES string of the molecule is C#CCCCNCc1ccc(Br)cn1. The van der Waals surface area contributed by atoms with Gasteiger partial charge in [0.1, 0.15) is 0 Å². The Kier molecular flexibility index (Phi) is 5.28. The van der Waals surface area contributed by atoms with Gasteiger partial charge >= 0.3 is 0 Å². The summed E-state index contributed by atoms with van der Waals surface area (Å²) in [6.45, 7) is 1.75. The summed E-state index contributed by atoms with van der Waals surface area (Å²) in [5.41, 5.74) is 1.05. The molecule has 0 aromatic carbocycles. The molecule has 0 amide bonds. The third-order valence-corrected chi connectivity index (χ3v) is 2.24. The molecule has 0 saturated carbocycles. The molecule has 1 rings (SSSR count). The van der Waals surface area contributed by atoms with Crippen molar-refractivity contribution in [2.75, 3.05) is 6.54 Å². The molecule has 1 aromatic heterocycles. The summed E-state index contributed by atoms with van der Waals surface area (Å²) in [4.78, 5) is 4.25. The fourth-order valence-corrected chi connectivity index (χ4v) is 1.28. The molecule has 1 N–H and O–H groups in total. The van der Waals surface area contributed by atoms with E-state index in [1.165, 1.54) is 0 Å². The summed E-state index contributed by atoms with van der Waals surface area (Å²) in [6.07, 6.45) is 8.80. The summed E-state index contributed by atoms with van der Waals surface area (Å²) in [5, 5.41) is 3.28. The lowest BCUT2D eigenvalue weighted by atomic mass is 10.3. The topological polar surface area (TPSA) is 24.9 Å². The highest BCUT2D eigenvalue weighted by atomic mass is 79.9. The molecule has 0 unspecified atom stereocenters. The first-order valence-electron chi connectivity index (χ1n) is 4.57. The van der Waals surface area contributed by atoms with Crippen molar-refractivity contribution in [2.24, 2.45) is 0 Å². The van der Waals surface area contributed by atoms with Gasteiger partial charge in [-0.25, -0.2) is 0 Å². The van der Waals surface area contributed by atoms with Crippen molar-refractivity contribution < 1.29 is 0 Å². The number of unbranched alkanes of at least 4 members (excludes halogenated alkanes) is 1. The van der Waals surface area contributed by atoms with Crippen molar-refractivity contribution in [3.63, 3.8) is 0 Å². The number of pyridine rings is 1. The first-order valence-corrected chi connectivity index (χ1v) is 5.37. The predicted molar refractivity (Wildman–Crippen MR) is 61.7 cm³/mol. The Hall–Kier alpha value is -0.850. The highest BCUT2D eigenvalue weighted by Crippen LogP contribution is 2.06. The summed E-state index contributed by atoms with van der Waals surface area (Å²) in [6, 6.07) is 3.99. The third-order valence-electron chi connectivity index (χ3n) is 1.77. The monoisotopic (exact) mass is 252 g/mol. The molecule has 3 heteroatoms. The van der Waals surface area contributed by atoms with Crippen molar-refractivity contribution in [1.82, 2.24) is 10.3 Å². The van der Waals surface area contributed by atoms with Crippen LogP contribution in [0, 0.1) is 12.3 Å². The zero-order valence-corrected chi connectivity index (χ0v) is 9.55. The van der Waals surface area contributed by atoms with Crippen LogP contribution in [0.3, 0.4) is 0 Å². The molecule has 0 aliphatic rings. The van der Waals surface area contributed by atoms with E-state index in [1.54, 1.807) is 6.20 Å². The molecule has 0 fully saturated rings. The first-order chi connectivity index (χ1) is 6.83. The van der Waals surface area contributed by atoms with Crippen molar-refractivity contribution in [2.45, 2.75) is 19.4 Å². The first kappa shape index (κ1) is 11.2. The van der Waals surface area contributed by atoms with Gasteiger partial charge in [0.2, 0.25) is 0 Å². The van der Waals surface area contributed by atoms with Crippen LogP contribution in [0.4, 0.5) is 0 Å². The summed E-state index contributed by atoms with van der Waals surface area (Å²) >= 11 is 3.34. The van der Waals surface area contributed by atoms with Crippen LogP contribution in [0.15, 0.2) is 22.8 Å². The normalized spacial score (nSPS) is 9.71. The maximum atomic E-state index is 5.14. The lowest BCUT2D eigenvalue weighted by molar-refractivity contribution is 0.649. The van der Waals surface area contributed by atoms with E-state index >= 15 is 0 Å². The molecule has 0 aliphatic heterocycles. The molecule has 74 valence electrons. The second kappa shape index (κ2) is 6.58. The molecule has 0 spiro atoms. The average Bonchev–Trinajstić information content (AvgIpc) is 2.21. The fourth-order valence-electron chi connectivity index (χ4n) is 1.04. The van der Waals surface area contributed by atoms with Gasteiger partial charge in [-0.3, -0.25) is 4.98 Å². The number of rotatable bonds is 5. The molecule has 1 aromatic rings. The Morgan fingerprint density at radius 2 is 2.36 bits per heavy atom. The maximum Gasteiger partial charge on any atom is 0.0542 e. The molecule has 1 heterocycles. The third kappa shape index (κ3) is 4.40. The quantitative estimate of drug-likeness (QED) is 0.643. The van der Waals surface area contributed by atoms with Gasteiger partial charge in [-0.1, -0.05) is 0 Å². The number of nitrogens with zero attached hydrogens (tertiary/aromatic N) is 1. The van der Waals surface area contributed by atoms with E-state index in [4.69, 9.17) is 6.42 Å². The van der Waals surface area contributed by atoms with Crippen LogP contribution in [0.1, 0.15) is 18.5 Å². The molecule has 0 atom stereocenters. The molecule has 0 aliphatic carbocycles. The van der Waals surface area contributed by atoms with Gasteiger partial charge in [-0.2, -0.15) is 0 Å². The molecule has 2 nitrogen and oxygen atoms in total. The van der Waals surface area contributed by atoms with E-state index in [1.807, 2.05) is 12.1 Å². The summed E-state index contributed by atoms with van der Waals surface area (Å²) in [7, 11) is 0. The lowest BCUT2D eigenvalue weighted by Gasteiger charge is -2.02. The largest absolute Gasteiger partial charge is 0.311 e. The Labute approximate surface area is 93.3 Å². The summed E-state index contributed by atoms with van der Waals surface area (Å²) in [5.74, 6) is 2.61. The second-order valence-electron chi connectivity index (χ2n) is 2.95.